The first-order valence-corrected chi connectivity index (χ1v) is 9.56. The molecule has 1 aliphatic carbocycles. The molecule has 2 aliphatic heterocycles. The number of benzene rings is 1. The van der Waals surface area contributed by atoms with Gasteiger partial charge in [-0.15, -0.1) is 0 Å². The van der Waals surface area contributed by atoms with E-state index in [0.29, 0.717) is 18.5 Å². The summed E-state index contributed by atoms with van der Waals surface area (Å²) < 4.78 is 0. The zero-order valence-electron chi connectivity index (χ0n) is 15.0. The largest absolute Gasteiger partial charge is 0.372 e. The van der Waals surface area contributed by atoms with E-state index in [2.05, 4.69) is 10.2 Å². The zero-order chi connectivity index (χ0) is 17.4. The van der Waals surface area contributed by atoms with E-state index >= 15 is 0 Å². The Labute approximate surface area is 149 Å². The molecule has 4 rings (SSSR count). The van der Waals surface area contributed by atoms with Gasteiger partial charge in [0.25, 0.3) is 5.91 Å². The van der Waals surface area contributed by atoms with E-state index in [1.807, 2.05) is 30.1 Å². The number of likely N-dealkylation sites (tertiary alicyclic amines) is 1. The van der Waals surface area contributed by atoms with E-state index in [1.165, 1.54) is 19.3 Å². The van der Waals surface area contributed by atoms with Gasteiger partial charge in [-0.05, 0) is 42.9 Å². The Kier molecular flexibility index (Phi) is 4.40. The summed E-state index contributed by atoms with van der Waals surface area (Å²) in [4.78, 5) is 29.0. The average Bonchev–Trinajstić information content (AvgIpc) is 2.90. The van der Waals surface area contributed by atoms with Gasteiger partial charge in [-0.25, -0.2) is 0 Å². The number of carbonyl (C=O) groups is 2. The highest BCUT2D eigenvalue weighted by Gasteiger charge is 2.32. The van der Waals surface area contributed by atoms with Gasteiger partial charge in [0.2, 0.25) is 5.91 Å². The number of hydrogen-bond donors (Lipinski definition) is 1. The first kappa shape index (κ1) is 16.4. The Morgan fingerprint density at radius 2 is 1.80 bits per heavy atom. The standard InChI is InChI=1S/C20H27N3O2/c1-22-10-9-19(24)21-17-13-16(5-6-18(17)22)20(25)23-11-7-14-3-2-4-15(14)8-12-23/h5-6,13-15H,2-4,7-12H2,1H3,(H,21,24). The second-order valence-electron chi connectivity index (χ2n) is 7.77. The normalized spacial score (nSPS) is 26.4. The summed E-state index contributed by atoms with van der Waals surface area (Å²) in [6.07, 6.45) is 6.79. The first-order valence-electron chi connectivity index (χ1n) is 9.56. The van der Waals surface area contributed by atoms with Crippen LogP contribution >= 0.6 is 0 Å². The van der Waals surface area contributed by atoms with Crippen LogP contribution in [-0.4, -0.2) is 43.4 Å². The van der Waals surface area contributed by atoms with Gasteiger partial charge in [-0.3, -0.25) is 9.59 Å². The molecule has 134 valence electrons. The van der Waals surface area contributed by atoms with Gasteiger partial charge < -0.3 is 15.1 Å². The van der Waals surface area contributed by atoms with Crippen molar-refractivity contribution in [2.24, 2.45) is 11.8 Å². The molecule has 0 radical (unpaired) electrons. The molecular weight excluding hydrogens is 314 g/mol. The lowest BCUT2D eigenvalue weighted by molar-refractivity contribution is -0.115. The summed E-state index contributed by atoms with van der Waals surface area (Å²) in [5.41, 5.74) is 2.41. The van der Waals surface area contributed by atoms with Crippen LogP contribution in [-0.2, 0) is 4.79 Å². The Bertz CT molecular complexity index is 674. The summed E-state index contributed by atoms with van der Waals surface area (Å²) in [5.74, 6) is 1.75. The summed E-state index contributed by atoms with van der Waals surface area (Å²) in [6.45, 7) is 2.42. The smallest absolute Gasteiger partial charge is 0.253 e. The maximum Gasteiger partial charge on any atom is 0.253 e. The Morgan fingerprint density at radius 1 is 1.08 bits per heavy atom. The van der Waals surface area contributed by atoms with Crippen molar-refractivity contribution in [3.05, 3.63) is 23.8 Å². The third-order valence-electron chi connectivity index (χ3n) is 6.25. The number of amides is 2. The van der Waals surface area contributed by atoms with E-state index in [1.54, 1.807) is 0 Å². The van der Waals surface area contributed by atoms with Crippen LogP contribution < -0.4 is 10.2 Å². The van der Waals surface area contributed by atoms with Crippen molar-refractivity contribution in [3.63, 3.8) is 0 Å². The van der Waals surface area contributed by atoms with Crippen molar-refractivity contribution in [1.82, 2.24) is 4.90 Å². The summed E-state index contributed by atoms with van der Waals surface area (Å²) in [6, 6.07) is 5.71. The van der Waals surface area contributed by atoms with Crippen LogP contribution in [0.3, 0.4) is 0 Å². The predicted octanol–water partition coefficient (Wildman–Crippen LogP) is 3.12. The van der Waals surface area contributed by atoms with Crippen LogP contribution in [0.2, 0.25) is 0 Å². The Balaban J connectivity index is 1.53. The van der Waals surface area contributed by atoms with Gasteiger partial charge in [-0.2, -0.15) is 0 Å². The van der Waals surface area contributed by atoms with Gasteiger partial charge in [0.1, 0.15) is 0 Å². The average molecular weight is 341 g/mol. The number of rotatable bonds is 1. The van der Waals surface area contributed by atoms with Crippen LogP contribution in [0.5, 0.6) is 0 Å². The molecule has 5 nitrogen and oxygen atoms in total. The van der Waals surface area contributed by atoms with Crippen LogP contribution in [0.15, 0.2) is 18.2 Å². The number of anilines is 2. The van der Waals surface area contributed by atoms with Crippen molar-refractivity contribution >= 4 is 23.2 Å². The quantitative estimate of drug-likeness (QED) is 0.854. The van der Waals surface area contributed by atoms with E-state index < -0.39 is 0 Å². The number of carbonyl (C=O) groups excluding carboxylic acids is 2. The molecule has 2 atom stereocenters. The molecule has 1 saturated heterocycles. The molecule has 2 unspecified atom stereocenters. The molecule has 1 aromatic rings. The second kappa shape index (κ2) is 6.70. The van der Waals surface area contributed by atoms with Crippen LogP contribution in [0.4, 0.5) is 11.4 Å². The topological polar surface area (TPSA) is 52.7 Å². The molecule has 0 spiro atoms. The monoisotopic (exact) mass is 341 g/mol. The molecular formula is C20H27N3O2. The molecule has 3 aliphatic rings. The molecule has 1 aromatic carbocycles. The van der Waals surface area contributed by atoms with Crippen LogP contribution in [0.25, 0.3) is 0 Å². The minimum absolute atomic E-state index is 0.0118. The number of fused-ring (bicyclic) bond motifs is 2. The van der Waals surface area contributed by atoms with Crippen LogP contribution in [0, 0.1) is 11.8 Å². The third-order valence-corrected chi connectivity index (χ3v) is 6.25. The lowest BCUT2D eigenvalue weighted by Gasteiger charge is -2.23. The molecule has 25 heavy (non-hydrogen) atoms. The lowest BCUT2D eigenvalue weighted by Crippen LogP contribution is -2.32. The minimum atomic E-state index is 0.0118. The minimum Gasteiger partial charge on any atom is -0.372 e. The first-order chi connectivity index (χ1) is 12.1. The molecule has 0 bridgehead atoms. The highest BCUT2D eigenvalue weighted by molar-refractivity contribution is 6.00. The van der Waals surface area contributed by atoms with Gasteiger partial charge >= 0.3 is 0 Å². The molecule has 1 N–H and O–H groups in total. The highest BCUT2D eigenvalue weighted by atomic mass is 16.2. The lowest BCUT2D eigenvalue weighted by atomic mass is 9.92. The Hall–Kier alpha value is -2.04. The highest BCUT2D eigenvalue weighted by Crippen LogP contribution is 2.38. The van der Waals surface area contributed by atoms with Gasteiger partial charge in [-0.1, -0.05) is 19.3 Å². The number of hydrogen-bond acceptors (Lipinski definition) is 3. The van der Waals surface area contributed by atoms with E-state index in [0.717, 1.165) is 49.1 Å². The number of nitrogens with zero attached hydrogens (tertiary/aromatic N) is 2. The summed E-state index contributed by atoms with van der Waals surface area (Å²) >= 11 is 0. The summed E-state index contributed by atoms with van der Waals surface area (Å²) in [7, 11) is 1.98. The fourth-order valence-electron chi connectivity index (χ4n) is 4.72. The SMILES string of the molecule is CN1CCC(=O)Nc2cc(C(=O)N3CCC4CCCC4CC3)ccc21. The molecule has 2 amide bonds. The molecule has 5 heteroatoms. The van der Waals surface area contributed by atoms with E-state index in [-0.39, 0.29) is 11.8 Å². The molecule has 2 fully saturated rings. The second-order valence-corrected chi connectivity index (χ2v) is 7.77. The van der Waals surface area contributed by atoms with Crippen LogP contribution in [0.1, 0.15) is 48.9 Å². The fraction of sp³-hybridized carbons (Fsp3) is 0.600. The van der Waals surface area contributed by atoms with Gasteiger partial charge in [0.15, 0.2) is 0 Å². The fourth-order valence-corrected chi connectivity index (χ4v) is 4.72. The zero-order valence-corrected chi connectivity index (χ0v) is 15.0. The van der Waals surface area contributed by atoms with Gasteiger partial charge in [0, 0.05) is 38.7 Å². The summed E-state index contributed by atoms with van der Waals surface area (Å²) in [5, 5.41) is 2.94. The molecule has 1 saturated carbocycles. The van der Waals surface area contributed by atoms with E-state index in [9.17, 15) is 9.59 Å². The molecule has 0 aromatic heterocycles. The number of nitrogens with one attached hydrogen (secondary N) is 1. The van der Waals surface area contributed by atoms with Crippen molar-refractivity contribution in [2.45, 2.75) is 38.5 Å². The third kappa shape index (κ3) is 3.24. The van der Waals surface area contributed by atoms with Crippen molar-refractivity contribution in [3.8, 4) is 0 Å². The van der Waals surface area contributed by atoms with Crippen molar-refractivity contribution < 1.29 is 9.59 Å². The van der Waals surface area contributed by atoms with E-state index in [4.69, 9.17) is 0 Å². The maximum absolute atomic E-state index is 13.0. The molecule has 2 heterocycles. The van der Waals surface area contributed by atoms with Gasteiger partial charge in [0.05, 0.1) is 11.4 Å². The maximum atomic E-state index is 13.0. The predicted molar refractivity (Wildman–Crippen MR) is 98.9 cm³/mol. The van der Waals surface area contributed by atoms with Crippen molar-refractivity contribution in [2.75, 3.05) is 36.9 Å². The van der Waals surface area contributed by atoms with Crippen molar-refractivity contribution in [1.29, 1.82) is 0 Å². The Morgan fingerprint density at radius 3 is 2.52 bits per heavy atom.